The highest BCUT2D eigenvalue weighted by Gasteiger charge is 2.19. The van der Waals surface area contributed by atoms with Gasteiger partial charge in [-0.2, -0.15) is 0 Å². The van der Waals surface area contributed by atoms with E-state index >= 15 is 0 Å². The van der Waals surface area contributed by atoms with E-state index in [9.17, 15) is 9.90 Å². The summed E-state index contributed by atoms with van der Waals surface area (Å²) >= 11 is 5.82. The largest absolute Gasteiger partial charge is 0.481 e. The van der Waals surface area contributed by atoms with Crippen LogP contribution in [0.5, 0.6) is 0 Å². The van der Waals surface area contributed by atoms with Crippen molar-refractivity contribution in [1.29, 1.82) is 0 Å². The molecule has 0 fully saturated rings. The van der Waals surface area contributed by atoms with Crippen molar-refractivity contribution >= 4 is 17.6 Å². The van der Waals surface area contributed by atoms with E-state index in [0.717, 1.165) is 11.1 Å². The minimum Gasteiger partial charge on any atom is -0.481 e. The van der Waals surface area contributed by atoms with Crippen LogP contribution in [0.15, 0.2) is 48.8 Å². The highest BCUT2D eigenvalue weighted by atomic mass is 35.5. The van der Waals surface area contributed by atoms with Crippen molar-refractivity contribution in [2.45, 2.75) is 18.8 Å². The number of aromatic nitrogens is 1. The van der Waals surface area contributed by atoms with Crippen molar-refractivity contribution in [3.63, 3.8) is 0 Å². The molecule has 1 heterocycles. The van der Waals surface area contributed by atoms with Crippen molar-refractivity contribution in [1.82, 2.24) is 4.98 Å². The Morgan fingerprint density at radius 2 is 2.00 bits per heavy atom. The molecule has 98 valence electrons. The highest BCUT2D eigenvalue weighted by Crippen LogP contribution is 2.22. The van der Waals surface area contributed by atoms with Gasteiger partial charge in [0.15, 0.2) is 0 Å². The number of carbonyl (C=O) groups is 1. The van der Waals surface area contributed by atoms with Gasteiger partial charge in [-0.3, -0.25) is 9.78 Å². The SMILES string of the molecule is O=C(O)[C@H](CCc1ccc(Cl)cc1)c1cccnc1. The lowest BCUT2D eigenvalue weighted by Crippen LogP contribution is -2.12. The predicted molar refractivity (Wildman–Crippen MR) is 74.4 cm³/mol. The van der Waals surface area contributed by atoms with Crippen LogP contribution in [0.4, 0.5) is 0 Å². The summed E-state index contributed by atoms with van der Waals surface area (Å²) < 4.78 is 0. The Hall–Kier alpha value is -1.87. The molecule has 1 atom stereocenters. The molecule has 0 saturated carbocycles. The molecule has 3 nitrogen and oxygen atoms in total. The molecule has 0 unspecified atom stereocenters. The van der Waals surface area contributed by atoms with E-state index in [-0.39, 0.29) is 0 Å². The van der Waals surface area contributed by atoms with Crippen LogP contribution in [0.3, 0.4) is 0 Å². The van der Waals surface area contributed by atoms with E-state index in [4.69, 9.17) is 11.6 Å². The maximum Gasteiger partial charge on any atom is 0.311 e. The third-order valence-corrected chi connectivity index (χ3v) is 3.27. The molecule has 19 heavy (non-hydrogen) atoms. The van der Waals surface area contributed by atoms with Crippen LogP contribution in [-0.2, 0) is 11.2 Å². The fourth-order valence-electron chi connectivity index (χ4n) is 1.98. The molecule has 2 rings (SSSR count). The first-order valence-corrected chi connectivity index (χ1v) is 6.42. The molecular formula is C15H14ClNO2. The Morgan fingerprint density at radius 3 is 2.58 bits per heavy atom. The Kier molecular flexibility index (Phi) is 4.53. The van der Waals surface area contributed by atoms with Crippen LogP contribution < -0.4 is 0 Å². The summed E-state index contributed by atoms with van der Waals surface area (Å²) in [5.74, 6) is -1.34. The molecule has 0 aliphatic carbocycles. The van der Waals surface area contributed by atoms with Gasteiger partial charge in [0.1, 0.15) is 0 Å². The minimum absolute atomic E-state index is 0.524. The van der Waals surface area contributed by atoms with Gasteiger partial charge in [0.05, 0.1) is 5.92 Å². The van der Waals surface area contributed by atoms with Crippen molar-refractivity contribution in [3.05, 3.63) is 64.9 Å². The minimum atomic E-state index is -0.818. The number of halogens is 1. The van der Waals surface area contributed by atoms with Crippen molar-refractivity contribution in [2.24, 2.45) is 0 Å². The van der Waals surface area contributed by atoms with E-state index in [1.54, 1.807) is 24.5 Å². The van der Waals surface area contributed by atoms with E-state index in [2.05, 4.69) is 4.98 Å². The molecule has 0 saturated heterocycles. The van der Waals surface area contributed by atoms with Crippen LogP contribution in [0.25, 0.3) is 0 Å². The smallest absolute Gasteiger partial charge is 0.311 e. The molecule has 0 aliphatic rings. The molecule has 0 amide bonds. The van der Waals surface area contributed by atoms with E-state index < -0.39 is 11.9 Å². The van der Waals surface area contributed by atoms with E-state index in [1.807, 2.05) is 24.3 Å². The molecule has 1 N–H and O–H groups in total. The van der Waals surface area contributed by atoms with Gasteiger partial charge in [0.25, 0.3) is 0 Å². The summed E-state index contributed by atoms with van der Waals surface area (Å²) in [6.45, 7) is 0. The standard InChI is InChI=1S/C15H14ClNO2/c16-13-6-3-11(4-7-13)5-8-14(15(18)19)12-2-1-9-17-10-12/h1-4,6-7,9-10,14H,5,8H2,(H,18,19)/t14-/m1/s1. The second-order valence-electron chi connectivity index (χ2n) is 4.34. The topological polar surface area (TPSA) is 50.2 Å². The number of nitrogens with zero attached hydrogens (tertiary/aromatic N) is 1. The summed E-state index contributed by atoms with van der Waals surface area (Å²) in [5.41, 5.74) is 1.82. The summed E-state index contributed by atoms with van der Waals surface area (Å²) in [5, 5.41) is 9.99. The van der Waals surface area contributed by atoms with Gasteiger partial charge in [-0.25, -0.2) is 0 Å². The molecule has 1 aromatic carbocycles. The van der Waals surface area contributed by atoms with Gasteiger partial charge < -0.3 is 5.11 Å². The maximum absolute atomic E-state index is 11.3. The zero-order valence-electron chi connectivity index (χ0n) is 10.3. The first kappa shape index (κ1) is 13.6. The molecule has 1 aromatic heterocycles. The Bertz CT molecular complexity index is 540. The number of aryl methyl sites for hydroxylation is 1. The number of benzene rings is 1. The number of carboxylic acid groups (broad SMARTS) is 1. The molecule has 0 radical (unpaired) electrons. The van der Waals surface area contributed by atoms with E-state index in [0.29, 0.717) is 17.9 Å². The van der Waals surface area contributed by atoms with Gasteiger partial charge in [0.2, 0.25) is 0 Å². The van der Waals surface area contributed by atoms with Gasteiger partial charge in [-0.05, 0) is 42.2 Å². The van der Waals surface area contributed by atoms with Crippen molar-refractivity contribution in [3.8, 4) is 0 Å². The van der Waals surface area contributed by atoms with Crippen molar-refractivity contribution in [2.75, 3.05) is 0 Å². The fraction of sp³-hybridized carbons (Fsp3) is 0.200. The predicted octanol–water partition coefficient (Wildman–Crippen LogP) is 3.54. The lowest BCUT2D eigenvalue weighted by atomic mass is 9.93. The highest BCUT2D eigenvalue weighted by molar-refractivity contribution is 6.30. The quantitative estimate of drug-likeness (QED) is 0.908. The van der Waals surface area contributed by atoms with Crippen LogP contribution >= 0.6 is 11.6 Å². The summed E-state index contributed by atoms with van der Waals surface area (Å²) in [7, 11) is 0. The van der Waals surface area contributed by atoms with Crippen molar-refractivity contribution < 1.29 is 9.90 Å². The van der Waals surface area contributed by atoms with Crippen LogP contribution in [-0.4, -0.2) is 16.1 Å². The first-order valence-electron chi connectivity index (χ1n) is 6.04. The number of hydrogen-bond acceptors (Lipinski definition) is 2. The third kappa shape index (κ3) is 3.80. The molecule has 0 aliphatic heterocycles. The number of hydrogen-bond donors (Lipinski definition) is 1. The summed E-state index contributed by atoms with van der Waals surface area (Å²) in [4.78, 5) is 15.3. The lowest BCUT2D eigenvalue weighted by molar-refractivity contribution is -0.138. The van der Waals surface area contributed by atoms with Crippen LogP contribution in [0.1, 0.15) is 23.5 Å². The van der Waals surface area contributed by atoms with Gasteiger partial charge in [-0.1, -0.05) is 29.8 Å². The molecule has 0 bridgehead atoms. The lowest BCUT2D eigenvalue weighted by Gasteiger charge is -2.12. The second-order valence-corrected chi connectivity index (χ2v) is 4.78. The molecule has 2 aromatic rings. The maximum atomic E-state index is 11.3. The normalized spacial score (nSPS) is 12.1. The van der Waals surface area contributed by atoms with Gasteiger partial charge >= 0.3 is 5.97 Å². The zero-order chi connectivity index (χ0) is 13.7. The van der Waals surface area contributed by atoms with Gasteiger partial charge in [0, 0.05) is 17.4 Å². The fourth-order valence-corrected chi connectivity index (χ4v) is 2.10. The van der Waals surface area contributed by atoms with E-state index in [1.165, 1.54) is 0 Å². The third-order valence-electron chi connectivity index (χ3n) is 3.02. The number of pyridine rings is 1. The number of rotatable bonds is 5. The number of carboxylic acids is 1. The Balaban J connectivity index is 2.06. The average molecular weight is 276 g/mol. The molecule has 4 heteroatoms. The zero-order valence-corrected chi connectivity index (χ0v) is 11.0. The summed E-state index contributed by atoms with van der Waals surface area (Å²) in [6.07, 6.45) is 4.49. The Labute approximate surface area is 116 Å². The van der Waals surface area contributed by atoms with Crippen LogP contribution in [0, 0.1) is 0 Å². The Morgan fingerprint density at radius 1 is 1.26 bits per heavy atom. The molecular weight excluding hydrogens is 262 g/mol. The average Bonchev–Trinajstić information content (AvgIpc) is 2.42. The monoisotopic (exact) mass is 275 g/mol. The second kappa shape index (κ2) is 6.34. The number of aliphatic carboxylic acids is 1. The molecule has 0 spiro atoms. The van der Waals surface area contributed by atoms with Gasteiger partial charge in [-0.15, -0.1) is 0 Å². The summed E-state index contributed by atoms with van der Waals surface area (Å²) in [6, 6.07) is 11.0. The van der Waals surface area contributed by atoms with Crippen LogP contribution in [0.2, 0.25) is 5.02 Å². The first-order chi connectivity index (χ1) is 9.16.